The monoisotopic (exact) mass is 540 g/mol. The Labute approximate surface area is 233 Å². The number of carbonyl (C=O) groups is 1. The number of aliphatic hydroxyl groups excluding tert-OH is 1. The Kier molecular flexibility index (Phi) is 7.30. The molecular weight excluding hydrogens is 508 g/mol. The zero-order valence-electron chi connectivity index (χ0n) is 22.7. The van der Waals surface area contributed by atoms with Gasteiger partial charge in [0.1, 0.15) is 11.5 Å². The Bertz CT molecular complexity index is 1560. The first-order chi connectivity index (χ1) is 18.6. The van der Waals surface area contributed by atoms with Gasteiger partial charge in [0.25, 0.3) is 0 Å². The number of thiophene rings is 1. The van der Waals surface area contributed by atoms with Crippen molar-refractivity contribution in [2.24, 2.45) is 0 Å². The van der Waals surface area contributed by atoms with Crippen molar-refractivity contribution in [3.63, 3.8) is 0 Å². The van der Waals surface area contributed by atoms with Crippen molar-refractivity contribution in [3.8, 4) is 22.6 Å². The number of hydrogen-bond donors (Lipinski definition) is 2. The van der Waals surface area contributed by atoms with Gasteiger partial charge in [-0.1, -0.05) is 12.1 Å². The van der Waals surface area contributed by atoms with E-state index in [0.717, 1.165) is 38.4 Å². The molecule has 0 bridgehead atoms. The summed E-state index contributed by atoms with van der Waals surface area (Å²) in [5, 5.41) is 15.3. The number of esters is 1. The summed E-state index contributed by atoms with van der Waals surface area (Å²) in [4.78, 5) is 18.9. The predicted molar refractivity (Wildman–Crippen MR) is 157 cm³/mol. The molecule has 2 N–H and O–H groups in total. The highest BCUT2D eigenvalue weighted by Gasteiger charge is 2.29. The highest BCUT2D eigenvalue weighted by Crippen LogP contribution is 2.46. The number of aryl methyl sites for hydroxylation is 1. The van der Waals surface area contributed by atoms with Crippen LogP contribution in [-0.4, -0.2) is 28.7 Å². The second kappa shape index (κ2) is 10.7. The Morgan fingerprint density at radius 2 is 1.79 bits per heavy atom. The number of pyridine rings is 1. The summed E-state index contributed by atoms with van der Waals surface area (Å²) in [7, 11) is 1.59. The van der Waals surface area contributed by atoms with Crippen molar-refractivity contribution in [3.05, 3.63) is 99.5 Å². The van der Waals surface area contributed by atoms with E-state index in [0.29, 0.717) is 23.5 Å². The SMILES string of the molecule is COc1cc(OC(=O)c2ccncc2)ccc1-c1ccc2c(c1C(O)Cc1ccc(C)s1)C(C)=CC(C)(C)N2. The normalized spacial score (nSPS) is 14.6. The topological polar surface area (TPSA) is 80.7 Å². The van der Waals surface area contributed by atoms with Gasteiger partial charge in [0, 0.05) is 51.4 Å². The van der Waals surface area contributed by atoms with Crippen molar-refractivity contribution >= 4 is 28.6 Å². The number of hydrogen-bond acceptors (Lipinski definition) is 7. The van der Waals surface area contributed by atoms with E-state index in [1.807, 2.05) is 12.1 Å². The summed E-state index contributed by atoms with van der Waals surface area (Å²) >= 11 is 1.70. The molecule has 1 aliphatic heterocycles. The van der Waals surface area contributed by atoms with Crippen molar-refractivity contribution in [1.82, 2.24) is 4.98 Å². The molecule has 0 amide bonds. The smallest absolute Gasteiger partial charge is 0.343 e. The molecule has 0 saturated carbocycles. The molecule has 2 aromatic heterocycles. The lowest BCUT2D eigenvalue weighted by molar-refractivity contribution is 0.0734. The molecule has 1 aliphatic rings. The number of aliphatic hydroxyl groups is 1. The lowest BCUT2D eigenvalue weighted by Gasteiger charge is -2.34. The summed E-state index contributed by atoms with van der Waals surface area (Å²) < 4.78 is 11.4. The van der Waals surface area contributed by atoms with E-state index in [2.05, 4.69) is 62.3 Å². The number of methoxy groups -OCH3 is 1. The van der Waals surface area contributed by atoms with Gasteiger partial charge in [-0.25, -0.2) is 4.79 Å². The number of fused-ring (bicyclic) bond motifs is 1. The zero-order valence-corrected chi connectivity index (χ0v) is 23.6. The van der Waals surface area contributed by atoms with E-state index in [9.17, 15) is 9.90 Å². The van der Waals surface area contributed by atoms with Gasteiger partial charge >= 0.3 is 5.97 Å². The van der Waals surface area contributed by atoms with Gasteiger partial charge in [-0.05, 0) is 86.9 Å². The highest BCUT2D eigenvalue weighted by molar-refractivity contribution is 7.11. The van der Waals surface area contributed by atoms with Gasteiger partial charge in [0.15, 0.2) is 0 Å². The van der Waals surface area contributed by atoms with E-state index in [1.54, 1.807) is 55.1 Å². The fourth-order valence-electron chi connectivity index (χ4n) is 5.23. The molecule has 200 valence electrons. The molecule has 39 heavy (non-hydrogen) atoms. The molecular formula is C32H32N2O4S. The van der Waals surface area contributed by atoms with E-state index < -0.39 is 12.1 Å². The number of carbonyl (C=O) groups excluding carboxylic acids is 1. The number of anilines is 1. The Morgan fingerprint density at radius 3 is 2.49 bits per heavy atom. The van der Waals surface area contributed by atoms with Crippen LogP contribution in [0.2, 0.25) is 0 Å². The van der Waals surface area contributed by atoms with Gasteiger partial charge in [-0.15, -0.1) is 11.3 Å². The second-order valence-corrected chi connectivity index (χ2v) is 11.7. The van der Waals surface area contributed by atoms with Crippen molar-refractivity contribution in [1.29, 1.82) is 0 Å². The van der Waals surface area contributed by atoms with Crippen LogP contribution >= 0.6 is 11.3 Å². The third kappa shape index (κ3) is 5.60. The molecule has 3 heterocycles. The van der Waals surface area contributed by atoms with E-state index in [1.165, 1.54) is 4.88 Å². The van der Waals surface area contributed by atoms with Gasteiger partial charge < -0.3 is 19.9 Å². The first-order valence-electron chi connectivity index (χ1n) is 12.8. The van der Waals surface area contributed by atoms with Gasteiger partial charge in [-0.3, -0.25) is 4.98 Å². The highest BCUT2D eigenvalue weighted by atomic mass is 32.1. The van der Waals surface area contributed by atoms with E-state index in [-0.39, 0.29) is 5.54 Å². The predicted octanol–water partition coefficient (Wildman–Crippen LogP) is 7.23. The number of aromatic nitrogens is 1. The molecule has 5 rings (SSSR count). The molecule has 0 aliphatic carbocycles. The molecule has 4 aromatic rings. The minimum atomic E-state index is -0.742. The lowest BCUT2D eigenvalue weighted by Crippen LogP contribution is -2.32. The molecule has 0 fully saturated rings. The van der Waals surface area contributed by atoms with Crippen LogP contribution in [-0.2, 0) is 6.42 Å². The minimum Gasteiger partial charge on any atom is -0.496 e. The molecule has 1 atom stereocenters. The van der Waals surface area contributed by atoms with Crippen LogP contribution in [0, 0.1) is 6.92 Å². The van der Waals surface area contributed by atoms with Crippen molar-refractivity contribution in [2.45, 2.75) is 45.8 Å². The van der Waals surface area contributed by atoms with Gasteiger partial charge in [0.2, 0.25) is 0 Å². The van der Waals surface area contributed by atoms with E-state index >= 15 is 0 Å². The maximum absolute atomic E-state index is 12.6. The number of nitrogens with one attached hydrogen (secondary N) is 1. The lowest BCUT2D eigenvalue weighted by atomic mass is 9.82. The number of nitrogens with zero attached hydrogens (tertiary/aromatic N) is 1. The largest absolute Gasteiger partial charge is 0.496 e. The first kappa shape index (κ1) is 26.7. The third-order valence-electron chi connectivity index (χ3n) is 6.79. The molecule has 2 aromatic carbocycles. The van der Waals surface area contributed by atoms with Crippen LogP contribution < -0.4 is 14.8 Å². The van der Waals surface area contributed by atoms with E-state index in [4.69, 9.17) is 9.47 Å². The van der Waals surface area contributed by atoms with Gasteiger partial charge in [0.05, 0.1) is 24.3 Å². The molecule has 6 nitrogen and oxygen atoms in total. The summed E-state index contributed by atoms with van der Waals surface area (Å²) in [5.41, 5.74) is 5.82. The average Bonchev–Trinajstić information content (AvgIpc) is 3.32. The molecule has 0 radical (unpaired) electrons. The van der Waals surface area contributed by atoms with Crippen molar-refractivity contribution < 1.29 is 19.4 Å². The Hall–Kier alpha value is -3.94. The Morgan fingerprint density at radius 1 is 1.05 bits per heavy atom. The number of ether oxygens (including phenoxy) is 2. The fourth-order valence-corrected chi connectivity index (χ4v) is 6.15. The van der Waals surface area contributed by atoms with Gasteiger partial charge in [-0.2, -0.15) is 0 Å². The number of rotatable bonds is 7. The first-order valence-corrected chi connectivity index (χ1v) is 13.7. The zero-order chi connectivity index (χ0) is 27.7. The average molecular weight is 541 g/mol. The summed E-state index contributed by atoms with van der Waals surface area (Å²) in [6, 6.07) is 16.8. The number of benzene rings is 2. The number of allylic oxidation sites excluding steroid dienone is 1. The minimum absolute atomic E-state index is 0.205. The summed E-state index contributed by atoms with van der Waals surface area (Å²) in [5.74, 6) is 0.435. The quantitative estimate of drug-likeness (QED) is 0.190. The van der Waals surface area contributed by atoms with Crippen LogP contribution in [0.15, 0.2) is 73.1 Å². The third-order valence-corrected chi connectivity index (χ3v) is 7.81. The molecule has 0 saturated heterocycles. The fraction of sp³-hybridized carbons (Fsp3) is 0.250. The maximum atomic E-state index is 12.6. The maximum Gasteiger partial charge on any atom is 0.343 e. The summed E-state index contributed by atoms with van der Waals surface area (Å²) in [6.07, 6.45) is 5.06. The molecule has 0 spiro atoms. The van der Waals surface area contributed by atoms with Crippen LogP contribution in [0.3, 0.4) is 0 Å². The molecule has 7 heteroatoms. The van der Waals surface area contributed by atoms with Crippen molar-refractivity contribution in [2.75, 3.05) is 12.4 Å². The standard InChI is InChI=1S/C32H32N2O4S/c1-19-18-32(3,4)34-26-11-10-25(30(29(19)26)27(35)17-23-8-6-20(2)39-23)24-9-7-22(16-28(24)37-5)38-31(36)21-12-14-33-15-13-21/h6-16,18,27,34-35H,17H2,1-5H3. The van der Waals surface area contributed by atoms with Crippen LogP contribution in [0.5, 0.6) is 11.5 Å². The molecule has 1 unspecified atom stereocenters. The Balaban J connectivity index is 1.59. The second-order valence-electron chi connectivity index (χ2n) is 10.3. The van der Waals surface area contributed by atoms with Crippen LogP contribution in [0.25, 0.3) is 16.7 Å². The van der Waals surface area contributed by atoms with Crippen LogP contribution in [0.4, 0.5) is 5.69 Å². The summed E-state index contributed by atoms with van der Waals surface area (Å²) in [6.45, 7) is 8.43. The van der Waals surface area contributed by atoms with Crippen LogP contribution in [0.1, 0.15) is 58.1 Å².